The van der Waals surface area contributed by atoms with E-state index in [-0.39, 0.29) is 17.2 Å². The highest BCUT2D eigenvalue weighted by Crippen LogP contribution is 2.34. The summed E-state index contributed by atoms with van der Waals surface area (Å²) in [6, 6.07) is 5.42. The maximum absolute atomic E-state index is 14.0. The third-order valence-corrected chi connectivity index (χ3v) is 3.40. The van der Waals surface area contributed by atoms with Gasteiger partial charge in [0.2, 0.25) is 0 Å². The molecule has 3 aromatic rings. The number of halogens is 2. The summed E-state index contributed by atoms with van der Waals surface area (Å²) < 4.78 is 32.5. The molecule has 0 unspecified atom stereocenters. The molecule has 2 aromatic heterocycles. The molecule has 5 nitrogen and oxygen atoms in total. The number of rotatable bonds is 3. The van der Waals surface area contributed by atoms with E-state index in [1.54, 1.807) is 26.4 Å². The van der Waals surface area contributed by atoms with Crippen LogP contribution in [0, 0.1) is 11.6 Å². The van der Waals surface area contributed by atoms with Gasteiger partial charge in [-0.05, 0) is 18.2 Å². The number of amides is 1. The lowest BCUT2D eigenvalue weighted by Gasteiger charge is -2.07. The van der Waals surface area contributed by atoms with Crippen molar-refractivity contribution in [1.29, 1.82) is 0 Å². The molecule has 7 heteroatoms. The molecule has 0 aliphatic carbocycles. The van der Waals surface area contributed by atoms with Crippen LogP contribution in [0.1, 0.15) is 10.5 Å². The third-order valence-electron chi connectivity index (χ3n) is 3.40. The van der Waals surface area contributed by atoms with E-state index >= 15 is 0 Å². The first-order chi connectivity index (χ1) is 11.0. The molecule has 3 rings (SSSR count). The van der Waals surface area contributed by atoms with Gasteiger partial charge in [-0.15, -0.1) is 0 Å². The Hall–Kier alpha value is -2.96. The Bertz CT molecular complexity index is 868. The summed E-state index contributed by atoms with van der Waals surface area (Å²) in [7, 11) is 3.27. The highest BCUT2D eigenvalue weighted by atomic mass is 19.2. The van der Waals surface area contributed by atoms with Crippen molar-refractivity contribution in [1.82, 2.24) is 15.0 Å². The summed E-state index contributed by atoms with van der Waals surface area (Å²) in [5.41, 5.74) is 1.40. The van der Waals surface area contributed by atoms with Gasteiger partial charge in [0.15, 0.2) is 17.4 Å². The fourth-order valence-electron chi connectivity index (χ4n) is 2.23. The van der Waals surface area contributed by atoms with Crippen LogP contribution >= 0.6 is 0 Å². The van der Waals surface area contributed by atoms with Gasteiger partial charge in [0.05, 0.1) is 17.3 Å². The second-order valence-electron chi connectivity index (χ2n) is 5.17. The van der Waals surface area contributed by atoms with Crippen molar-refractivity contribution in [3.05, 3.63) is 54.0 Å². The molecule has 1 aromatic carbocycles. The van der Waals surface area contributed by atoms with E-state index in [1.165, 1.54) is 23.2 Å². The van der Waals surface area contributed by atoms with Crippen molar-refractivity contribution in [3.63, 3.8) is 0 Å². The lowest BCUT2D eigenvalue weighted by Crippen LogP contribution is -2.21. The summed E-state index contributed by atoms with van der Waals surface area (Å²) in [4.78, 5) is 16.2. The fourth-order valence-corrected chi connectivity index (χ4v) is 2.23. The van der Waals surface area contributed by atoms with E-state index in [0.29, 0.717) is 16.8 Å². The van der Waals surface area contributed by atoms with Crippen molar-refractivity contribution >= 4 is 5.91 Å². The van der Waals surface area contributed by atoms with Gasteiger partial charge in [-0.3, -0.25) is 4.79 Å². The van der Waals surface area contributed by atoms with Crippen LogP contribution in [0.2, 0.25) is 0 Å². The zero-order valence-electron chi connectivity index (χ0n) is 12.4. The van der Waals surface area contributed by atoms with Crippen molar-refractivity contribution < 1.29 is 18.1 Å². The lowest BCUT2D eigenvalue weighted by molar-refractivity contribution is 0.0822. The van der Waals surface area contributed by atoms with Crippen LogP contribution in [0.4, 0.5) is 8.78 Å². The number of hydrogen-bond donors (Lipinski definition) is 1. The number of nitrogens with zero attached hydrogens (tertiary/aromatic N) is 2. The average molecular weight is 317 g/mol. The summed E-state index contributed by atoms with van der Waals surface area (Å²) in [6.45, 7) is 0. The molecule has 1 N–H and O–H groups in total. The quantitative estimate of drug-likeness (QED) is 0.806. The standard InChI is InChI=1S/C16H13F2N3O2/c1-21(2)16(22)13-6-9(7-19-13)11-8-20-23-15(11)10-4-3-5-12(17)14(10)18/h3-8,19H,1-2H3. The van der Waals surface area contributed by atoms with E-state index in [9.17, 15) is 13.6 Å². The van der Waals surface area contributed by atoms with E-state index in [2.05, 4.69) is 10.1 Å². The monoisotopic (exact) mass is 317 g/mol. The number of carbonyl (C=O) groups is 1. The molecule has 0 aliphatic rings. The van der Waals surface area contributed by atoms with Gasteiger partial charge in [0, 0.05) is 25.9 Å². The van der Waals surface area contributed by atoms with Gasteiger partial charge in [-0.25, -0.2) is 8.78 Å². The topological polar surface area (TPSA) is 62.1 Å². The minimum absolute atomic E-state index is 0.0285. The first-order valence-corrected chi connectivity index (χ1v) is 6.78. The van der Waals surface area contributed by atoms with Crippen LogP contribution in [0.5, 0.6) is 0 Å². The van der Waals surface area contributed by atoms with E-state index in [1.807, 2.05) is 0 Å². The lowest BCUT2D eigenvalue weighted by atomic mass is 10.0. The third kappa shape index (κ3) is 2.61. The Morgan fingerprint density at radius 2 is 2.04 bits per heavy atom. The number of aromatic amines is 1. The first kappa shape index (κ1) is 15.0. The minimum Gasteiger partial charge on any atom is -0.357 e. The molecule has 0 radical (unpaired) electrons. The molecule has 118 valence electrons. The average Bonchev–Trinajstić information content (AvgIpc) is 3.17. The number of aromatic nitrogens is 2. The molecule has 0 saturated carbocycles. The van der Waals surface area contributed by atoms with Crippen LogP contribution in [-0.2, 0) is 0 Å². The summed E-state index contributed by atoms with van der Waals surface area (Å²) in [5, 5.41) is 3.66. The SMILES string of the molecule is CN(C)C(=O)c1cc(-c2cnoc2-c2cccc(F)c2F)c[nH]1. The number of carbonyl (C=O) groups excluding carboxylic acids is 1. The van der Waals surface area contributed by atoms with E-state index < -0.39 is 11.6 Å². The van der Waals surface area contributed by atoms with Crippen LogP contribution < -0.4 is 0 Å². The Labute approximate surface area is 130 Å². The number of benzene rings is 1. The van der Waals surface area contributed by atoms with E-state index in [0.717, 1.165) is 6.07 Å². The maximum Gasteiger partial charge on any atom is 0.269 e. The van der Waals surface area contributed by atoms with Gasteiger partial charge in [0.25, 0.3) is 5.91 Å². The molecule has 23 heavy (non-hydrogen) atoms. The maximum atomic E-state index is 14.0. The zero-order chi connectivity index (χ0) is 16.6. The summed E-state index contributed by atoms with van der Waals surface area (Å²) >= 11 is 0. The van der Waals surface area contributed by atoms with Crippen molar-refractivity contribution in [2.24, 2.45) is 0 Å². The Kier molecular flexibility index (Phi) is 3.69. The molecular weight excluding hydrogens is 304 g/mol. The first-order valence-electron chi connectivity index (χ1n) is 6.78. The van der Waals surface area contributed by atoms with Gasteiger partial charge in [0.1, 0.15) is 5.69 Å². The Balaban J connectivity index is 2.05. The zero-order valence-corrected chi connectivity index (χ0v) is 12.4. The highest BCUT2D eigenvalue weighted by Gasteiger charge is 2.20. The molecule has 0 saturated heterocycles. The molecule has 0 bridgehead atoms. The van der Waals surface area contributed by atoms with Gasteiger partial charge in [-0.2, -0.15) is 0 Å². The second kappa shape index (κ2) is 5.68. The van der Waals surface area contributed by atoms with Gasteiger partial charge in [-0.1, -0.05) is 11.2 Å². The molecule has 0 aliphatic heterocycles. The van der Waals surface area contributed by atoms with Crippen molar-refractivity contribution in [3.8, 4) is 22.5 Å². The molecule has 1 amide bonds. The molecule has 0 spiro atoms. The smallest absolute Gasteiger partial charge is 0.269 e. The summed E-state index contributed by atoms with van der Waals surface area (Å²) in [6.07, 6.45) is 2.98. The van der Waals surface area contributed by atoms with Crippen LogP contribution in [-0.4, -0.2) is 35.0 Å². The normalized spacial score (nSPS) is 10.8. The van der Waals surface area contributed by atoms with Crippen LogP contribution in [0.15, 0.2) is 41.2 Å². The van der Waals surface area contributed by atoms with Crippen LogP contribution in [0.25, 0.3) is 22.5 Å². The van der Waals surface area contributed by atoms with Crippen molar-refractivity contribution in [2.75, 3.05) is 14.1 Å². The molecule has 2 heterocycles. The van der Waals surface area contributed by atoms with Crippen LogP contribution in [0.3, 0.4) is 0 Å². The molecule has 0 atom stereocenters. The minimum atomic E-state index is -1.01. The number of H-pyrrole nitrogens is 1. The highest BCUT2D eigenvalue weighted by molar-refractivity contribution is 5.94. The second-order valence-corrected chi connectivity index (χ2v) is 5.17. The summed E-state index contributed by atoms with van der Waals surface area (Å²) in [5.74, 6) is -2.08. The number of nitrogens with one attached hydrogen (secondary N) is 1. The van der Waals surface area contributed by atoms with E-state index in [4.69, 9.17) is 4.52 Å². The fraction of sp³-hybridized carbons (Fsp3) is 0.125. The largest absolute Gasteiger partial charge is 0.357 e. The predicted octanol–water partition coefficient (Wildman–Crippen LogP) is 3.32. The molecule has 0 fully saturated rings. The van der Waals surface area contributed by atoms with Crippen molar-refractivity contribution in [2.45, 2.75) is 0 Å². The van der Waals surface area contributed by atoms with Gasteiger partial charge >= 0.3 is 0 Å². The predicted molar refractivity (Wildman–Crippen MR) is 79.7 cm³/mol. The Morgan fingerprint density at radius 3 is 2.78 bits per heavy atom. The Morgan fingerprint density at radius 1 is 1.26 bits per heavy atom. The van der Waals surface area contributed by atoms with Gasteiger partial charge < -0.3 is 14.4 Å². The molecular formula is C16H13F2N3O2. The number of hydrogen-bond acceptors (Lipinski definition) is 3.